The number of rotatable bonds is 13. The Morgan fingerprint density at radius 2 is 1.74 bits per heavy atom. The lowest BCUT2D eigenvalue weighted by Crippen LogP contribution is -2.28. The van der Waals surface area contributed by atoms with E-state index in [0.717, 1.165) is 38.0 Å². The zero-order chi connectivity index (χ0) is 26.3. The summed E-state index contributed by atoms with van der Waals surface area (Å²) in [6.07, 6.45) is 17.9. The van der Waals surface area contributed by atoms with E-state index in [1.807, 2.05) is 6.07 Å². The molecule has 3 heterocycles. The molecule has 0 amide bonds. The number of nitrogens with zero attached hydrogens (tertiary/aromatic N) is 1. The quantitative estimate of drug-likeness (QED) is 0.160. The van der Waals surface area contributed by atoms with Crippen LogP contribution in [0.15, 0.2) is 34.9 Å². The van der Waals surface area contributed by atoms with E-state index in [-0.39, 0.29) is 35.8 Å². The number of Topliss-reactive ketones (excluding diaryl/α,β-unsaturated/α-hetero) is 1. The van der Waals surface area contributed by atoms with Crippen molar-refractivity contribution in [1.29, 1.82) is 0 Å². The fourth-order valence-electron chi connectivity index (χ4n) is 7.04. The van der Waals surface area contributed by atoms with E-state index in [1.54, 1.807) is 6.26 Å². The third-order valence-electron chi connectivity index (χ3n) is 9.16. The first-order valence-electron chi connectivity index (χ1n) is 14.9. The molecule has 1 aliphatic carbocycles. The van der Waals surface area contributed by atoms with E-state index < -0.39 is 0 Å². The van der Waals surface area contributed by atoms with Crippen LogP contribution in [0.5, 0.6) is 0 Å². The van der Waals surface area contributed by atoms with Crippen LogP contribution in [0.1, 0.15) is 117 Å². The molecule has 2 aromatic rings. The Labute approximate surface area is 226 Å². The lowest BCUT2D eigenvalue weighted by atomic mass is 9.75. The van der Waals surface area contributed by atoms with Crippen molar-refractivity contribution in [3.63, 3.8) is 0 Å². The topological polar surface area (TPSA) is 78.6 Å². The standard InChI is InChI=1S/C32H43NO5/c1-36-30(35)19-16-23-13-8-9-14-24(23)20-25-28-17-18-29(38-28)31(25)32-33-26(21-37-32)27(34)15-7-3-6-12-22-10-4-2-5-11-22/h8-9,13-14,21-22,25,28-29,31H,2-7,10-12,15-20H2,1H3/t25-,28-,29+,31-/m1/s1. The van der Waals surface area contributed by atoms with Crippen molar-refractivity contribution in [2.24, 2.45) is 11.8 Å². The van der Waals surface area contributed by atoms with Crippen molar-refractivity contribution in [2.45, 2.75) is 114 Å². The monoisotopic (exact) mass is 521 g/mol. The van der Waals surface area contributed by atoms with Crippen molar-refractivity contribution in [3.05, 3.63) is 53.2 Å². The highest BCUT2D eigenvalue weighted by Gasteiger charge is 2.51. The zero-order valence-electron chi connectivity index (χ0n) is 22.9. The number of unbranched alkanes of at least 4 members (excludes halogenated alkanes) is 2. The Bertz CT molecular complexity index is 1070. The average Bonchev–Trinajstić information content (AvgIpc) is 3.70. The minimum atomic E-state index is -0.192. The number of ketones is 1. The number of benzene rings is 1. The number of ether oxygens (including phenoxy) is 2. The lowest BCUT2D eigenvalue weighted by molar-refractivity contribution is -0.140. The predicted octanol–water partition coefficient (Wildman–Crippen LogP) is 7.00. The van der Waals surface area contributed by atoms with Gasteiger partial charge < -0.3 is 13.9 Å². The summed E-state index contributed by atoms with van der Waals surface area (Å²) >= 11 is 0. The lowest BCUT2D eigenvalue weighted by Gasteiger charge is -2.26. The van der Waals surface area contributed by atoms with Crippen LogP contribution >= 0.6 is 0 Å². The van der Waals surface area contributed by atoms with Crippen LogP contribution in [-0.4, -0.2) is 36.1 Å². The summed E-state index contributed by atoms with van der Waals surface area (Å²) in [6.45, 7) is 0. The van der Waals surface area contributed by atoms with Crippen LogP contribution in [-0.2, 0) is 27.1 Å². The van der Waals surface area contributed by atoms with Crippen molar-refractivity contribution in [1.82, 2.24) is 4.98 Å². The molecule has 3 fully saturated rings. The molecule has 6 heteroatoms. The number of oxazole rings is 1. The molecule has 206 valence electrons. The maximum Gasteiger partial charge on any atom is 0.305 e. The number of carbonyl (C=O) groups excluding carboxylic acids is 2. The van der Waals surface area contributed by atoms with Crippen LogP contribution < -0.4 is 0 Å². The Kier molecular flexibility index (Phi) is 9.31. The Morgan fingerprint density at radius 1 is 0.947 bits per heavy atom. The summed E-state index contributed by atoms with van der Waals surface area (Å²) in [4.78, 5) is 29.3. The van der Waals surface area contributed by atoms with Gasteiger partial charge in [-0.05, 0) is 49.1 Å². The summed E-state index contributed by atoms with van der Waals surface area (Å²) < 4.78 is 17.1. The Morgan fingerprint density at radius 3 is 2.55 bits per heavy atom. The molecule has 2 saturated heterocycles. The molecule has 2 aliphatic heterocycles. The normalized spacial score (nSPS) is 25.1. The van der Waals surface area contributed by atoms with Gasteiger partial charge in [-0.25, -0.2) is 4.98 Å². The molecular formula is C32H43NO5. The molecular weight excluding hydrogens is 478 g/mol. The number of methoxy groups -OCH3 is 1. The number of hydrogen-bond donors (Lipinski definition) is 0. The van der Waals surface area contributed by atoms with Crippen molar-refractivity contribution in [2.75, 3.05) is 7.11 Å². The molecule has 1 aromatic carbocycles. The number of esters is 1. The van der Waals surface area contributed by atoms with E-state index >= 15 is 0 Å². The first-order valence-corrected chi connectivity index (χ1v) is 14.9. The first-order chi connectivity index (χ1) is 18.6. The summed E-state index contributed by atoms with van der Waals surface area (Å²) in [7, 11) is 1.43. The zero-order valence-corrected chi connectivity index (χ0v) is 22.9. The molecule has 0 spiro atoms. The van der Waals surface area contributed by atoms with Gasteiger partial charge in [0.25, 0.3) is 0 Å². The maximum atomic E-state index is 12.9. The van der Waals surface area contributed by atoms with Crippen LogP contribution in [0, 0.1) is 11.8 Å². The number of carbonyl (C=O) groups is 2. The second-order valence-electron chi connectivity index (χ2n) is 11.6. The third kappa shape index (κ3) is 6.56. The smallest absolute Gasteiger partial charge is 0.305 e. The molecule has 1 aromatic heterocycles. The number of hydrogen-bond acceptors (Lipinski definition) is 6. The molecule has 0 radical (unpaired) electrons. The number of aryl methyl sites for hydroxylation is 1. The van der Waals surface area contributed by atoms with Gasteiger partial charge >= 0.3 is 5.97 Å². The second kappa shape index (κ2) is 13.1. The van der Waals surface area contributed by atoms with Crippen LogP contribution in [0.2, 0.25) is 0 Å². The maximum absolute atomic E-state index is 12.9. The predicted molar refractivity (Wildman–Crippen MR) is 145 cm³/mol. The fraction of sp³-hybridized carbons (Fsp3) is 0.656. The van der Waals surface area contributed by atoms with Gasteiger partial charge in [0.15, 0.2) is 5.78 Å². The molecule has 5 rings (SSSR count). The van der Waals surface area contributed by atoms with Crippen LogP contribution in [0.3, 0.4) is 0 Å². The largest absolute Gasteiger partial charge is 0.469 e. The average molecular weight is 522 g/mol. The molecule has 4 atom stereocenters. The van der Waals surface area contributed by atoms with Gasteiger partial charge in [-0.2, -0.15) is 0 Å². The molecule has 2 bridgehead atoms. The molecule has 1 saturated carbocycles. The SMILES string of the molecule is COC(=O)CCc1ccccc1C[C@H]1[C@@H](c2nc(C(=O)CCCCCC3CCCCC3)co2)[C@@H]2CC[C@H]1O2. The Hall–Kier alpha value is -2.47. The minimum absolute atomic E-state index is 0.0551. The molecule has 6 nitrogen and oxygen atoms in total. The fourth-order valence-corrected chi connectivity index (χ4v) is 7.04. The summed E-state index contributed by atoms with van der Waals surface area (Å²) in [5.74, 6) is 1.76. The van der Waals surface area contributed by atoms with Crippen LogP contribution in [0.4, 0.5) is 0 Å². The van der Waals surface area contributed by atoms with Crippen molar-refractivity contribution in [3.8, 4) is 0 Å². The van der Waals surface area contributed by atoms with Gasteiger partial charge in [-0.15, -0.1) is 0 Å². The van der Waals surface area contributed by atoms with Crippen molar-refractivity contribution >= 4 is 11.8 Å². The van der Waals surface area contributed by atoms with E-state index in [2.05, 4.69) is 18.2 Å². The number of fused-ring (bicyclic) bond motifs is 2. The minimum Gasteiger partial charge on any atom is -0.469 e. The van der Waals surface area contributed by atoms with Crippen LogP contribution in [0.25, 0.3) is 0 Å². The molecule has 0 N–H and O–H groups in total. The van der Waals surface area contributed by atoms with Crippen molar-refractivity contribution < 1.29 is 23.5 Å². The van der Waals surface area contributed by atoms with Gasteiger partial charge in [0.2, 0.25) is 5.89 Å². The first kappa shape index (κ1) is 27.1. The highest BCUT2D eigenvalue weighted by molar-refractivity contribution is 5.93. The van der Waals surface area contributed by atoms with Gasteiger partial charge in [-0.1, -0.05) is 75.6 Å². The van der Waals surface area contributed by atoms with E-state index in [1.165, 1.54) is 63.2 Å². The highest BCUT2D eigenvalue weighted by Crippen LogP contribution is 2.50. The van der Waals surface area contributed by atoms with Gasteiger partial charge in [-0.3, -0.25) is 9.59 Å². The molecule has 3 aliphatic rings. The molecule has 0 unspecified atom stereocenters. The van der Waals surface area contributed by atoms with Gasteiger partial charge in [0.05, 0.1) is 25.2 Å². The Balaban J connectivity index is 1.17. The summed E-state index contributed by atoms with van der Waals surface area (Å²) in [6, 6.07) is 8.32. The summed E-state index contributed by atoms with van der Waals surface area (Å²) in [5.41, 5.74) is 2.87. The van der Waals surface area contributed by atoms with E-state index in [9.17, 15) is 9.59 Å². The van der Waals surface area contributed by atoms with E-state index in [4.69, 9.17) is 18.9 Å². The number of aromatic nitrogens is 1. The third-order valence-corrected chi connectivity index (χ3v) is 9.16. The second-order valence-corrected chi connectivity index (χ2v) is 11.6. The highest BCUT2D eigenvalue weighted by atomic mass is 16.5. The summed E-state index contributed by atoms with van der Waals surface area (Å²) in [5, 5.41) is 0. The van der Waals surface area contributed by atoms with E-state index in [0.29, 0.717) is 30.8 Å². The van der Waals surface area contributed by atoms with Gasteiger partial charge in [0, 0.05) is 18.8 Å². The molecule has 38 heavy (non-hydrogen) atoms. The van der Waals surface area contributed by atoms with Gasteiger partial charge in [0.1, 0.15) is 12.0 Å².